The first kappa shape index (κ1) is 13.2. The Labute approximate surface area is 113 Å². The van der Waals surface area contributed by atoms with Crippen molar-refractivity contribution in [3.05, 3.63) is 48.3 Å². The predicted octanol–water partition coefficient (Wildman–Crippen LogP) is 3.10. The van der Waals surface area contributed by atoms with E-state index in [0.717, 1.165) is 29.3 Å². The van der Waals surface area contributed by atoms with Crippen LogP contribution in [-0.4, -0.2) is 18.6 Å². The molecule has 0 saturated heterocycles. The van der Waals surface area contributed by atoms with Gasteiger partial charge in [0.2, 0.25) is 0 Å². The van der Waals surface area contributed by atoms with Crippen molar-refractivity contribution >= 4 is 5.69 Å². The van der Waals surface area contributed by atoms with E-state index in [4.69, 9.17) is 9.47 Å². The maximum absolute atomic E-state index is 5.72. The van der Waals surface area contributed by atoms with Gasteiger partial charge in [-0.25, -0.2) is 0 Å². The minimum Gasteiger partial charge on any atom is -0.497 e. The highest BCUT2D eigenvalue weighted by molar-refractivity contribution is 5.45. The standard InChI is InChI=1S/C15H18N2O2/c1-3-17-13-8-15(10-16-9-13)19-11-12-5-4-6-14(7-12)18-2/h4-10,17H,3,11H2,1-2H3. The van der Waals surface area contributed by atoms with Gasteiger partial charge < -0.3 is 14.8 Å². The van der Waals surface area contributed by atoms with Gasteiger partial charge in [-0.3, -0.25) is 4.98 Å². The minimum atomic E-state index is 0.495. The zero-order chi connectivity index (χ0) is 13.5. The summed E-state index contributed by atoms with van der Waals surface area (Å²) in [5.41, 5.74) is 2.03. The van der Waals surface area contributed by atoms with E-state index in [1.807, 2.05) is 37.3 Å². The van der Waals surface area contributed by atoms with Crippen LogP contribution in [0.3, 0.4) is 0 Å². The van der Waals surface area contributed by atoms with E-state index in [2.05, 4.69) is 10.3 Å². The zero-order valence-electron chi connectivity index (χ0n) is 11.2. The molecule has 0 aliphatic carbocycles. The quantitative estimate of drug-likeness (QED) is 0.864. The number of ether oxygens (including phenoxy) is 2. The Morgan fingerprint density at radius 3 is 2.84 bits per heavy atom. The van der Waals surface area contributed by atoms with E-state index >= 15 is 0 Å². The second kappa shape index (κ2) is 6.64. The highest BCUT2D eigenvalue weighted by Crippen LogP contribution is 2.18. The summed E-state index contributed by atoms with van der Waals surface area (Å²) in [6.45, 7) is 3.40. The van der Waals surface area contributed by atoms with Crippen LogP contribution < -0.4 is 14.8 Å². The Balaban J connectivity index is 1.99. The normalized spacial score (nSPS) is 10.0. The molecular weight excluding hydrogens is 240 g/mol. The van der Waals surface area contributed by atoms with Gasteiger partial charge in [0.1, 0.15) is 18.1 Å². The molecule has 0 radical (unpaired) electrons. The van der Waals surface area contributed by atoms with Gasteiger partial charge in [-0.05, 0) is 24.6 Å². The average Bonchev–Trinajstić information content (AvgIpc) is 2.46. The van der Waals surface area contributed by atoms with Crippen LogP contribution in [0.2, 0.25) is 0 Å². The molecule has 100 valence electrons. The van der Waals surface area contributed by atoms with Gasteiger partial charge in [0, 0.05) is 12.6 Å². The fourth-order valence-corrected chi connectivity index (χ4v) is 1.73. The molecule has 0 atom stereocenters. The van der Waals surface area contributed by atoms with Crippen molar-refractivity contribution in [2.24, 2.45) is 0 Å². The summed E-state index contributed by atoms with van der Waals surface area (Å²) in [6.07, 6.45) is 3.49. The number of pyridine rings is 1. The van der Waals surface area contributed by atoms with Crippen LogP contribution in [0.5, 0.6) is 11.5 Å². The summed E-state index contributed by atoms with van der Waals surface area (Å²) in [5.74, 6) is 1.59. The number of methoxy groups -OCH3 is 1. The second-order valence-electron chi connectivity index (χ2n) is 4.08. The molecule has 1 aromatic heterocycles. The number of benzene rings is 1. The predicted molar refractivity (Wildman–Crippen MR) is 75.7 cm³/mol. The van der Waals surface area contributed by atoms with Crippen LogP contribution in [0.4, 0.5) is 5.69 Å². The maximum Gasteiger partial charge on any atom is 0.140 e. The van der Waals surface area contributed by atoms with Gasteiger partial charge in [0.25, 0.3) is 0 Å². The number of hydrogen-bond donors (Lipinski definition) is 1. The van der Waals surface area contributed by atoms with E-state index in [-0.39, 0.29) is 0 Å². The summed E-state index contributed by atoms with van der Waals surface area (Å²) >= 11 is 0. The van der Waals surface area contributed by atoms with Crippen LogP contribution in [0, 0.1) is 0 Å². The van der Waals surface area contributed by atoms with Crippen LogP contribution in [-0.2, 0) is 6.61 Å². The van der Waals surface area contributed by atoms with Crippen molar-refractivity contribution in [1.29, 1.82) is 0 Å². The van der Waals surface area contributed by atoms with Crippen molar-refractivity contribution < 1.29 is 9.47 Å². The van der Waals surface area contributed by atoms with E-state index in [9.17, 15) is 0 Å². The molecule has 0 bridgehead atoms. The Morgan fingerprint density at radius 2 is 2.05 bits per heavy atom. The summed E-state index contributed by atoms with van der Waals surface area (Å²) < 4.78 is 10.9. The van der Waals surface area contributed by atoms with Gasteiger partial charge in [0.15, 0.2) is 0 Å². The van der Waals surface area contributed by atoms with Crippen LogP contribution in [0.1, 0.15) is 12.5 Å². The molecule has 0 aliphatic rings. The molecule has 19 heavy (non-hydrogen) atoms. The van der Waals surface area contributed by atoms with Crippen molar-refractivity contribution in [1.82, 2.24) is 4.98 Å². The summed E-state index contributed by atoms with van der Waals surface area (Å²) in [7, 11) is 1.66. The Hall–Kier alpha value is -2.23. The molecule has 2 rings (SSSR count). The highest BCUT2D eigenvalue weighted by atomic mass is 16.5. The fraction of sp³-hybridized carbons (Fsp3) is 0.267. The lowest BCUT2D eigenvalue weighted by Gasteiger charge is -2.09. The highest BCUT2D eigenvalue weighted by Gasteiger charge is 2.00. The molecule has 4 nitrogen and oxygen atoms in total. The molecule has 4 heteroatoms. The number of nitrogens with zero attached hydrogens (tertiary/aromatic N) is 1. The SMILES string of the molecule is CCNc1cncc(OCc2cccc(OC)c2)c1. The molecular formula is C15H18N2O2. The molecule has 2 aromatic rings. The van der Waals surface area contributed by atoms with E-state index in [0.29, 0.717) is 6.61 Å². The van der Waals surface area contributed by atoms with Crippen molar-refractivity contribution in [3.8, 4) is 11.5 Å². The zero-order valence-corrected chi connectivity index (χ0v) is 11.2. The summed E-state index contributed by atoms with van der Waals surface area (Å²) in [6, 6.07) is 9.77. The van der Waals surface area contributed by atoms with Crippen LogP contribution in [0.15, 0.2) is 42.7 Å². The number of rotatable bonds is 6. The third-order valence-electron chi connectivity index (χ3n) is 2.63. The molecule has 0 saturated carbocycles. The maximum atomic E-state index is 5.72. The van der Waals surface area contributed by atoms with Gasteiger partial charge >= 0.3 is 0 Å². The van der Waals surface area contributed by atoms with Crippen molar-refractivity contribution in [3.63, 3.8) is 0 Å². The number of nitrogens with one attached hydrogen (secondary N) is 1. The van der Waals surface area contributed by atoms with E-state index in [1.165, 1.54) is 0 Å². The number of anilines is 1. The van der Waals surface area contributed by atoms with Crippen LogP contribution >= 0.6 is 0 Å². The molecule has 0 spiro atoms. The minimum absolute atomic E-state index is 0.495. The summed E-state index contributed by atoms with van der Waals surface area (Å²) in [4.78, 5) is 4.14. The molecule has 1 heterocycles. The Kier molecular flexibility index (Phi) is 4.61. The molecule has 0 aliphatic heterocycles. The van der Waals surface area contributed by atoms with Gasteiger partial charge in [0.05, 0.1) is 25.2 Å². The lowest BCUT2D eigenvalue weighted by atomic mass is 10.2. The molecule has 1 aromatic carbocycles. The Morgan fingerprint density at radius 1 is 1.16 bits per heavy atom. The smallest absolute Gasteiger partial charge is 0.140 e. The lowest BCUT2D eigenvalue weighted by molar-refractivity contribution is 0.304. The van der Waals surface area contributed by atoms with Gasteiger partial charge in [-0.2, -0.15) is 0 Å². The van der Waals surface area contributed by atoms with Gasteiger partial charge in [-0.1, -0.05) is 12.1 Å². The number of aromatic nitrogens is 1. The van der Waals surface area contributed by atoms with E-state index < -0.39 is 0 Å². The summed E-state index contributed by atoms with van der Waals surface area (Å²) in [5, 5.41) is 3.20. The van der Waals surface area contributed by atoms with E-state index in [1.54, 1.807) is 19.5 Å². The molecule has 0 fully saturated rings. The number of hydrogen-bond acceptors (Lipinski definition) is 4. The first-order valence-electron chi connectivity index (χ1n) is 6.26. The van der Waals surface area contributed by atoms with Crippen molar-refractivity contribution in [2.75, 3.05) is 19.0 Å². The second-order valence-corrected chi connectivity index (χ2v) is 4.08. The molecule has 0 amide bonds. The topological polar surface area (TPSA) is 43.4 Å². The Bertz CT molecular complexity index is 529. The molecule has 0 unspecified atom stereocenters. The first-order valence-corrected chi connectivity index (χ1v) is 6.26. The fourth-order valence-electron chi connectivity index (χ4n) is 1.73. The monoisotopic (exact) mass is 258 g/mol. The third-order valence-corrected chi connectivity index (χ3v) is 2.63. The first-order chi connectivity index (χ1) is 9.31. The van der Waals surface area contributed by atoms with Crippen molar-refractivity contribution in [2.45, 2.75) is 13.5 Å². The van der Waals surface area contributed by atoms with Crippen LogP contribution in [0.25, 0.3) is 0 Å². The van der Waals surface area contributed by atoms with Gasteiger partial charge in [-0.15, -0.1) is 0 Å². The average molecular weight is 258 g/mol. The lowest BCUT2D eigenvalue weighted by Crippen LogP contribution is -1.99. The third kappa shape index (κ3) is 3.88. The molecule has 1 N–H and O–H groups in total. The largest absolute Gasteiger partial charge is 0.497 e.